The lowest BCUT2D eigenvalue weighted by Gasteiger charge is -2.07. The van der Waals surface area contributed by atoms with E-state index in [2.05, 4.69) is 52.9 Å². The van der Waals surface area contributed by atoms with Crippen molar-refractivity contribution in [3.8, 4) is 5.69 Å². The fourth-order valence-corrected chi connectivity index (χ4v) is 2.19. The van der Waals surface area contributed by atoms with E-state index in [9.17, 15) is 4.79 Å². The van der Waals surface area contributed by atoms with Gasteiger partial charge in [0.05, 0.1) is 16.4 Å². The molecule has 0 spiro atoms. The lowest BCUT2D eigenvalue weighted by molar-refractivity contribution is 0.793. The average Bonchev–Trinajstić information content (AvgIpc) is 2.28. The zero-order valence-corrected chi connectivity index (χ0v) is 12.6. The van der Waals surface area contributed by atoms with E-state index in [1.165, 1.54) is 4.68 Å². The van der Waals surface area contributed by atoms with Crippen LogP contribution < -0.4 is 5.56 Å². The molecule has 0 N–H and O–H groups in total. The number of hydrogen-bond donors (Lipinski definition) is 0. The molecule has 1 aromatic carbocycles. The summed E-state index contributed by atoms with van der Waals surface area (Å²) in [6, 6.07) is 7.41. The Morgan fingerprint density at radius 2 is 1.75 bits per heavy atom. The molecule has 82 valence electrons. The van der Waals surface area contributed by atoms with E-state index in [1.807, 2.05) is 24.3 Å². The highest BCUT2D eigenvalue weighted by atomic mass is 79.9. The molecule has 1 heterocycles. The van der Waals surface area contributed by atoms with E-state index < -0.39 is 0 Å². The van der Waals surface area contributed by atoms with Crippen LogP contribution in [0.1, 0.15) is 0 Å². The highest BCUT2D eigenvalue weighted by Gasteiger charge is 2.09. The van der Waals surface area contributed by atoms with Crippen LogP contribution in [-0.4, -0.2) is 9.78 Å². The number of halogens is 3. The standard InChI is InChI=1S/C10H5Br3N2O/c11-6-3-1-2-4-8(6)15-10(16)9(13)7(12)5-14-15/h1-5H. The number of hydrogen-bond acceptors (Lipinski definition) is 2. The largest absolute Gasteiger partial charge is 0.286 e. The van der Waals surface area contributed by atoms with Crippen molar-refractivity contribution in [1.82, 2.24) is 9.78 Å². The van der Waals surface area contributed by atoms with Gasteiger partial charge in [-0.25, -0.2) is 0 Å². The monoisotopic (exact) mass is 406 g/mol. The Labute approximate surface area is 117 Å². The second kappa shape index (κ2) is 4.81. The van der Waals surface area contributed by atoms with E-state index in [-0.39, 0.29) is 5.56 Å². The van der Waals surface area contributed by atoms with Crippen LogP contribution in [0.5, 0.6) is 0 Å². The van der Waals surface area contributed by atoms with Crippen LogP contribution >= 0.6 is 47.8 Å². The van der Waals surface area contributed by atoms with Gasteiger partial charge in [0, 0.05) is 4.47 Å². The van der Waals surface area contributed by atoms with Gasteiger partial charge in [-0.3, -0.25) is 4.79 Å². The predicted octanol–water partition coefficient (Wildman–Crippen LogP) is 3.52. The third-order valence-electron chi connectivity index (χ3n) is 1.96. The topological polar surface area (TPSA) is 34.9 Å². The van der Waals surface area contributed by atoms with Crippen LogP contribution in [0.25, 0.3) is 5.69 Å². The number of para-hydroxylation sites is 1. The van der Waals surface area contributed by atoms with E-state index in [0.29, 0.717) is 14.6 Å². The maximum Gasteiger partial charge on any atom is 0.286 e. The minimum Gasteiger partial charge on any atom is -0.266 e. The molecular formula is C10H5Br3N2O. The van der Waals surface area contributed by atoms with Crippen LogP contribution in [-0.2, 0) is 0 Å². The van der Waals surface area contributed by atoms with Gasteiger partial charge in [0.25, 0.3) is 5.56 Å². The quantitative estimate of drug-likeness (QED) is 0.723. The van der Waals surface area contributed by atoms with Crippen molar-refractivity contribution in [2.45, 2.75) is 0 Å². The van der Waals surface area contributed by atoms with Crippen LogP contribution in [0, 0.1) is 0 Å². The average molecular weight is 409 g/mol. The lowest BCUT2D eigenvalue weighted by atomic mass is 10.3. The van der Waals surface area contributed by atoms with Gasteiger partial charge in [0.15, 0.2) is 0 Å². The fourth-order valence-electron chi connectivity index (χ4n) is 1.21. The summed E-state index contributed by atoms with van der Waals surface area (Å²) in [7, 11) is 0. The van der Waals surface area contributed by atoms with E-state index >= 15 is 0 Å². The Morgan fingerprint density at radius 1 is 1.06 bits per heavy atom. The Morgan fingerprint density at radius 3 is 2.44 bits per heavy atom. The molecule has 0 aliphatic rings. The molecule has 0 saturated carbocycles. The van der Waals surface area contributed by atoms with Crippen LogP contribution in [0.3, 0.4) is 0 Å². The van der Waals surface area contributed by atoms with Gasteiger partial charge in [-0.2, -0.15) is 9.78 Å². The molecule has 0 fully saturated rings. The van der Waals surface area contributed by atoms with Crippen molar-refractivity contribution in [2.24, 2.45) is 0 Å². The molecular weight excluding hydrogens is 404 g/mol. The van der Waals surface area contributed by atoms with Crippen LogP contribution in [0.15, 0.2) is 48.7 Å². The van der Waals surface area contributed by atoms with Gasteiger partial charge in [-0.1, -0.05) is 12.1 Å². The number of benzene rings is 1. The Balaban J connectivity index is 2.72. The molecule has 0 aliphatic heterocycles. The van der Waals surface area contributed by atoms with Crippen molar-refractivity contribution in [3.63, 3.8) is 0 Å². The maximum atomic E-state index is 11.9. The second-order valence-electron chi connectivity index (χ2n) is 2.97. The van der Waals surface area contributed by atoms with Gasteiger partial charge in [-0.15, -0.1) is 0 Å². The smallest absolute Gasteiger partial charge is 0.266 e. The summed E-state index contributed by atoms with van der Waals surface area (Å²) < 4.78 is 3.25. The third-order valence-corrected chi connectivity index (χ3v) is 4.53. The molecule has 16 heavy (non-hydrogen) atoms. The van der Waals surface area contributed by atoms with Crippen LogP contribution in [0.2, 0.25) is 0 Å². The Bertz CT molecular complexity index is 595. The van der Waals surface area contributed by atoms with Gasteiger partial charge >= 0.3 is 0 Å². The number of rotatable bonds is 1. The molecule has 3 nitrogen and oxygen atoms in total. The summed E-state index contributed by atoms with van der Waals surface area (Å²) in [6.45, 7) is 0. The maximum absolute atomic E-state index is 11.9. The van der Waals surface area contributed by atoms with Gasteiger partial charge < -0.3 is 0 Å². The fraction of sp³-hybridized carbons (Fsp3) is 0. The molecule has 2 aromatic rings. The van der Waals surface area contributed by atoms with Gasteiger partial charge in [-0.05, 0) is 59.9 Å². The minimum absolute atomic E-state index is 0.207. The molecule has 0 atom stereocenters. The van der Waals surface area contributed by atoms with Crippen molar-refractivity contribution < 1.29 is 0 Å². The van der Waals surface area contributed by atoms with Crippen molar-refractivity contribution in [3.05, 3.63) is 54.2 Å². The summed E-state index contributed by atoms with van der Waals surface area (Å²) in [5.41, 5.74) is 0.502. The molecule has 0 bridgehead atoms. The minimum atomic E-state index is -0.207. The highest BCUT2D eigenvalue weighted by molar-refractivity contribution is 9.13. The second-order valence-corrected chi connectivity index (χ2v) is 5.48. The number of aromatic nitrogens is 2. The van der Waals surface area contributed by atoms with Gasteiger partial charge in [0.1, 0.15) is 4.47 Å². The predicted molar refractivity (Wildman–Crippen MR) is 72.9 cm³/mol. The molecule has 6 heteroatoms. The number of nitrogens with zero attached hydrogens (tertiary/aromatic N) is 2. The molecule has 0 saturated heterocycles. The molecule has 0 amide bonds. The van der Waals surface area contributed by atoms with E-state index in [4.69, 9.17) is 0 Å². The SMILES string of the molecule is O=c1c(Br)c(Br)cnn1-c1ccccc1Br. The zero-order valence-electron chi connectivity index (χ0n) is 7.82. The van der Waals surface area contributed by atoms with Gasteiger partial charge in [0.2, 0.25) is 0 Å². The van der Waals surface area contributed by atoms with E-state index in [1.54, 1.807) is 6.20 Å². The summed E-state index contributed by atoms with van der Waals surface area (Å²) in [5.74, 6) is 0. The van der Waals surface area contributed by atoms with Crippen molar-refractivity contribution in [2.75, 3.05) is 0 Å². The van der Waals surface area contributed by atoms with Crippen molar-refractivity contribution >= 4 is 47.8 Å². The normalized spacial score (nSPS) is 10.4. The first-order valence-corrected chi connectivity index (χ1v) is 6.67. The summed E-state index contributed by atoms with van der Waals surface area (Å²) in [4.78, 5) is 11.9. The first-order valence-electron chi connectivity index (χ1n) is 4.29. The van der Waals surface area contributed by atoms with Crippen LogP contribution in [0.4, 0.5) is 0 Å². The molecule has 0 unspecified atom stereocenters. The lowest BCUT2D eigenvalue weighted by Crippen LogP contribution is -2.22. The highest BCUT2D eigenvalue weighted by Crippen LogP contribution is 2.21. The molecule has 2 rings (SSSR count). The zero-order chi connectivity index (χ0) is 11.7. The molecule has 0 aliphatic carbocycles. The third kappa shape index (κ3) is 2.14. The summed E-state index contributed by atoms with van der Waals surface area (Å²) in [6.07, 6.45) is 1.57. The summed E-state index contributed by atoms with van der Waals surface area (Å²) >= 11 is 9.84. The Hall–Kier alpha value is -0.460. The van der Waals surface area contributed by atoms with E-state index in [0.717, 1.165) is 4.47 Å². The first-order chi connectivity index (χ1) is 7.61. The first kappa shape index (κ1) is 12.0. The molecule has 1 aromatic heterocycles. The summed E-state index contributed by atoms with van der Waals surface area (Å²) in [5, 5.41) is 4.07. The van der Waals surface area contributed by atoms with Crippen molar-refractivity contribution in [1.29, 1.82) is 0 Å². The molecule has 0 radical (unpaired) electrons. The Kier molecular flexibility index (Phi) is 3.61.